The van der Waals surface area contributed by atoms with Gasteiger partial charge in [0.1, 0.15) is 0 Å². The van der Waals surface area contributed by atoms with Crippen LogP contribution in [-0.2, 0) is 16.1 Å². The van der Waals surface area contributed by atoms with Gasteiger partial charge in [0.25, 0.3) is 0 Å². The number of nitrogens with one attached hydrogen (secondary N) is 1. The van der Waals surface area contributed by atoms with E-state index >= 15 is 0 Å². The van der Waals surface area contributed by atoms with Gasteiger partial charge in [-0.2, -0.15) is 0 Å². The minimum Gasteiger partial charge on any atom is -0.353 e. The molecule has 0 aromatic heterocycles. The van der Waals surface area contributed by atoms with Crippen LogP contribution in [-0.4, -0.2) is 53.8 Å². The topological polar surface area (TPSA) is 52.7 Å². The Kier molecular flexibility index (Phi) is 6.30. The van der Waals surface area contributed by atoms with Crippen molar-refractivity contribution < 1.29 is 9.59 Å². The van der Waals surface area contributed by atoms with Gasteiger partial charge in [0.2, 0.25) is 11.8 Å². The van der Waals surface area contributed by atoms with E-state index in [1.54, 1.807) is 0 Å². The van der Waals surface area contributed by atoms with Crippen molar-refractivity contribution in [2.45, 2.75) is 57.5 Å². The molecule has 1 aromatic rings. The largest absolute Gasteiger partial charge is 0.353 e. The number of carbonyl (C=O) groups is 2. The zero-order valence-electron chi connectivity index (χ0n) is 16.8. The minimum atomic E-state index is -0.0851. The van der Waals surface area contributed by atoms with Gasteiger partial charge in [-0.3, -0.25) is 14.5 Å². The number of rotatable bonds is 5. The van der Waals surface area contributed by atoms with Gasteiger partial charge >= 0.3 is 0 Å². The van der Waals surface area contributed by atoms with E-state index < -0.39 is 0 Å². The van der Waals surface area contributed by atoms with Crippen molar-refractivity contribution in [2.75, 3.05) is 26.2 Å². The third-order valence-electron chi connectivity index (χ3n) is 6.58. The molecule has 2 atom stereocenters. The van der Waals surface area contributed by atoms with E-state index in [1.165, 1.54) is 31.2 Å². The van der Waals surface area contributed by atoms with E-state index in [0.29, 0.717) is 6.04 Å². The van der Waals surface area contributed by atoms with E-state index in [0.717, 1.165) is 52.0 Å². The highest BCUT2D eigenvalue weighted by Gasteiger charge is 2.50. The summed E-state index contributed by atoms with van der Waals surface area (Å²) in [4.78, 5) is 29.7. The Morgan fingerprint density at radius 3 is 2.25 bits per heavy atom. The Morgan fingerprint density at radius 1 is 0.893 bits per heavy atom. The monoisotopic (exact) mass is 383 g/mol. The fraction of sp³-hybridized carbons (Fsp3) is 0.652. The molecule has 2 unspecified atom stereocenters. The molecule has 5 nitrogen and oxygen atoms in total. The van der Waals surface area contributed by atoms with Crippen molar-refractivity contribution in [3.63, 3.8) is 0 Å². The van der Waals surface area contributed by atoms with Gasteiger partial charge in [-0.05, 0) is 24.8 Å². The number of carbonyl (C=O) groups excluding carboxylic acids is 2. The Hall–Kier alpha value is -1.88. The van der Waals surface area contributed by atoms with Gasteiger partial charge in [0.15, 0.2) is 0 Å². The smallest absolute Gasteiger partial charge is 0.226 e. The lowest BCUT2D eigenvalue weighted by Gasteiger charge is -2.35. The summed E-state index contributed by atoms with van der Waals surface area (Å²) in [6.45, 7) is 4.32. The van der Waals surface area contributed by atoms with Crippen molar-refractivity contribution in [3.05, 3.63) is 35.9 Å². The zero-order chi connectivity index (χ0) is 19.3. The molecule has 5 heteroatoms. The normalized spacial score (nSPS) is 26.5. The number of hydrogen-bond donors (Lipinski definition) is 1. The lowest BCUT2D eigenvalue weighted by molar-refractivity contribution is -0.136. The molecule has 0 spiro atoms. The van der Waals surface area contributed by atoms with Gasteiger partial charge in [-0.25, -0.2) is 0 Å². The van der Waals surface area contributed by atoms with Crippen LogP contribution in [0.25, 0.3) is 0 Å². The van der Waals surface area contributed by atoms with Crippen LogP contribution in [0.5, 0.6) is 0 Å². The van der Waals surface area contributed by atoms with E-state index in [9.17, 15) is 9.59 Å². The standard InChI is InChI=1S/C23H33N3O2/c27-22(24-19-10-6-1-2-7-11-19)20-16-21(20)23(28)26-14-12-25(13-15-26)17-18-8-4-3-5-9-18/h3-5,8-9,19-21H,1-2,6-7,10-17H2,(H,24,27). The molecule has 0 bridgehead atoms. The quantitative estimate of drug-likeness (QED) is 0.796. The van der Waals surface area contributed by atoms with Gasteiger partial charge in [-0.1, -0.05) is 56.0 Å². The molecule has 1 aromatic carbocycles. The predicted molar refractivity (Wildman–Crippen MR) is 110 cm³/mol. The molecular formula is C23H33N3O2. The van der Waals surface area contributed by atoms with Crippen molar-refractivity contribution in [2.24, 2.45) is 11.8 Å². The molecule has 2 aliphatic carbocycles. The zero-order valence-corrected chi connectivity index (χ0v) is 16.8. The first kappa shape index (κ1) is 19.4. The maximum Gasteiger partial charge on any atom is 0.226 e. The van der Waals surface area contributed by atoms with Gasteiger partial charge < -0.3 is 10.2 Å². The van der Waals surface area contributed by atoms with Gasteiger partial charge in [0, 0.05) is 38.8 Å². The summed E-state index contributed by atoms with van der Waals surface area (Å²) in [5, 5.41) is 3.23. The van der Waals surface area contributed by atoms with E-state index in [1.807, 2.05) is 11.0 Å². The third kappa shape index (κ3) is 4.93. The van der Waals surface area contributed by atoms with Gasteiger partial charge in [0.05, 0.1) is 11.8 Å². The molecular weight excluding hydrogens is 350 g/mol. The Labute approximate surface area is 168 Å². The average molecular weight is 384 g/mol. The van der Waals surface area contributed by atoms with Crippen LogP contribution in [0.2, 0.25) is 0 Å². The van der Waals surface area contributed by atoms with Crippen molar-refractivity contribution in [1.82, 2.24) is 15.1 Å². The molecule has 0 radical (unpaired) electrons. The second-order valence-electron chi connectivity index (χ2n) is 8.73. The van der Waals surface area contributed by atoms with Crippen molar-refractivity contribution in [1.29, 1.82) is 0 Å². The SMILES string of the molecule is O=C(NC1CCCCCC1)C1CC1C(=O)N1CCN(Cc2ccccc2)CC1. The maximum atomic E-state index is 12.8. The van der Waals surface area contributed by atoms with Crippen LogP contribution >= 0.6 is 0 Å². The maximum absolute atomic E-state index is 12.8. The molecule has 2 saturated carbocycles. The van der Waals surface area contributed by atoms with E-state index in [4.69, 9.17) is 0 Å². The highest BCUT2D eigenvalue weighted by molar-refractivity contribution is 5.92. The number of hydrogen-bond acceptors (Lipinski definition) is 3. The molecule has 1 aliphatic heterocycles. The van der Waals surface area contributed by atoms with Crippen molar-refractivity contribution in [3.8, 4) is 0 Å². The lowest BCUT2D eigenvalue weighted by atomic mass is 10.1. The average Bonchev–Trinajstić information content (AvgIpc) is 3.54. The summed E-state index contributed by atoms with van der Waals surface area (Å²) in [6, 6.07) is 10.8. The number of nitrogens with zero attached hydrogens (tertiary/aromatic N) is 2. The molecule has 3 fully saturated rings. The van der Waals surface area contributed by atoms with Crippen LogP contribution in [0.15, 0.2) is 30.3 Å². The molecule has 1 heterocycles. The molecule has 3 aliphatic rings. The van der Waals surface area contributed by atoms with E-state index in [-0.39, 0.29) is 23.7 Å². The Balaban J connectivity index is 1.20. The fourth-order valence-corrected chi connectivity index (χ4v) is 4.69. The van der Waals surface area contributed by atoms with Crippen LogP contribution in [0, 0.1) is 11.8 Å². The second kappa shape index (κ2) is 9.08. The summed E-state index contributed by atoms with van der Waals surface area (Å²) in [5.41, 5.74) is 1.32. The fourth-order valence-electron chi connectivity index (χ4n) is 4.69. The van der Waals surface area contributed by atoms with Crippen LogP contribution in [0.3, 0.4) is 0 Å². The summed E-state index contributed by atoms with van der Waals surface area (Å²) in [7, 11) is 0. The summed E-state index contributed by atoms with van der Waals surface area (Å²) in [6.07, 6.45) is 7.93. The molecule has 152 valence electrons. The first-order chi connectivity index (χ1) is 13.7. The molecule has 1 saturated heterocycles. The highest BCUT2D eigenvalue weighted by atomic mass is 16.2. The molecule has 2 amide bonds. The first-order valence-corrected chi connectivity index (χ1v) is 11.1. The highest BCUT2D eigenvalue weighted by Crippen LogP contribution is 2.40. The van der Waals surface area contributed by atoms with Crippen LogP contribution < -0.4 is 5.32 Å². The van der Waals surface area contributed by atoms with Gasteiger partial charge in [-0.15, -0.1) is 0 Å². The van der Waals surface area contributed by atoms with Crippen molar-refractivity contribution >= 4 is 11.8 Å². The first-order valence-electron chi connectivity index (χ1n) is 11.1. The van der Waals surface area contributed by atoms with E-state index in [2.05, 4.69) is 34.5 Å². The molecule has 4 rings (SSSR count). The number of benzene rings is 1. The molecule has 28 heavy (non-hydrogen) atoms. The Bertz CT molecular complexity index is 662. The number of amides is 2. The van der Waals surface area contributed by atoms with Crippen LogP contribution in [0.1, 0.15) is 50.5 Å². The lowest BCUT2D eigenvalue weighted by Crippen LogP contribution is -2.49. The number of piperazine rings is 1. The predicted octanol–water partition coefficient (Wildman–Crippen LogP) is 2.81. The summed E-state index contributed by atoms with van der Waals surface area (Å²) in [5.74, 6) is 0.151. The Morgan fingerprint density at radius 2 is 1.57 bits per heavy atom. The summed E-state index contributed by atoms with van der Waals surface area (Å²) >= 11 is 0. The third-order valence-corrected chi connectivity index (χ3v) is 6.58. The summed E-state index contributed by atoms with van der Waals surface area (Å²) < 4.78 is 0. The second-order valence-corrected chi connectivity index (χ2v) is 8.73. The minimum absolute atomic E-state index is 0.0774. The molecule has 1 N–H and O–H groups in total. The van der Waals surface area contributed by atoms with Crippen LogP contribution in [0.4, 0.5) is 0 Å².